The SMILES string of the molecule is CC(C)(O)CCc1ccc(C(=O)NCCc2cscn2)cc1. The van der Waals surface area contributed by atoms with Gasteiger partial charge in [0.25, 0.3) is 5.91 Å². The number of hydrogen-bond donors (Lipinski definition) is 2. The lowest BCUT2D eigenvalue weighted by atomic mass is 9.98. The molecule has 4 nitrogen and oxygen atoms in total. The van der Waals surface area contributed by atoms with E-state index in [0.29, 0.717) is 18.5 Å². The van der Waals surface area contributed by atoms with Gasteiger partial charge in [-0.25, -0.2) is 4.98 Å². The van der Waals surface area contributed by atoms with E-state index in [9.17, 15) is 9.90 Å². The Balaban J connectivity index is 1.80. The lowest BCUT2D eigenvalue weighted by Crippen LogP contribution is -2.25. The van der Waals surface area contributed by atoms with Crippen molar-refractivity contribution >= 4 is 17.2 Å². The molecule has 2 N–H and O–H groups in total. The summed E-state index contributed by atoms with van der Waals surface area (Å²) in [6.45, 7) is 4.19. The third-order valence-corrected chi connectivity index (χ3v) is 4.03. The van der Waals surface area contributed by atoms with Gasteiger partial charge in [-0.2, -0.15) is 0 Å². The number of hydrogen-bond acceptors (Lipinski definition) is 4. The maximum absolute atomic E-state index is 12.0. The standard InChI is InChI=1S/C17H22N2O2S/c1-17(2,21)9-7-13-3-5-14(6-4-13)16(20)18-10-8-15-11-22-12-19-15/h3-6,11-12,21H,7-10H2,1-2H3,(H,18,20). The van der Waals surface area contributed by atoms with Crippen LogP contribution in [0.1, 0.15) is 41.9 Å². The highest BCUT2D eigenvalue weighted by molar-refractivity contribution is 7.07. The number of nitrogens with zero attached hydrogens (tertiary/aromatic N) is 1. The number of aromatic nitrogens is 1. The van der Waals surface area contributed by atoms with Gasteiger partial charge in [0.15, 0.2) is 0 Å². The van der Waals surface area contributed by atoms with Gasteiger partial charge >= 0.3 is 0 Å². The van der Waals surface area contributed by atoms with Gasteiger partial charge in [-0.15, -0.1) is 11.3 Å². The average Bonchev–Trinajstić information content (AvgIpc) is 2.98. The molecular formula is C17H22N2O2S. The van der Waals surface area contributed by atoms with Gasteiger partial charge < -0.3 is 10.4 Å². The molecule has 2 aromatic rings. The molecule has 5 heteroatoms. The van der Waals surface area contributed by atoms with Crippen molar-refractivity contribution in [2.45, 2.75) is 38.7 Å². The van der Waals surface area contributed by atoms with Gasteiger partial charge in [-0.3, -0.25) is 4.79 Å². The zero-order valence-electron chi connectivity index (χ0n) is 13.0. The summed E-state index contributed by atoms with van der Waals surface area (Å²) in [6, 6.07) is 7.55. The number of aliphatic hydroxyl groups is 1. The fourth-order valence-electron chi connectivity index (χ4n) is 2.04. The van der Waals surface area contributed by atoms with Crippen molar-refractivity contribution in [3.05, 3.63) is 52.0 Å². The molecular weight excluding hydrogens is 296 g/mol. The Morgan fingerprint density at radius 2 is 2.00 bits per heavy atom. The first kappa shape index (κ1) is 16.6. The van der Waals surface area contributed by atoms with Crippen molar-refractivity contribution in [1.29, 1.82) is 0 Å². The molecule has 0 atom stereocenters. The van der Waals surface area contributed by atoms with Crippen LogP contribution in [-0.4, -0.2) is 28.1 Å². The van der Waals surface area contributed by atoms with E-state index >= 15 is 0 Å². The molecule has 2 rings (SSSR count). The van der Waals surface area contributed by atoms with Crippen molar-refractivity contribution in [1.82, 2.24) is 10.3 Å². The minimum Gasteiger partial charge on any atom is -0.390 e. The van der Waals surface area contributed by atoms with E-state index in [-0.39, 0.29) is 5.91 Å². The lowest BCUT2D eigenvalue weighted by molar-refractivity contribution is 0.0713. The van der Waals surface area contributed by atoms with E-state index in [1.807, 2.05) is 29.6 Å². The summed E-state index contributed by atoms with van der Waals surface area (Å²) in [5, 5.41) is 14.6. The molecule has 0 radical (unpaired) electrons. The highest BCUT2D eigenvalue weighted by Crippen LogP contribution is 2.13. The normalized spacial score (nSPS) is 11.4. The van der Waals surface area contributed by atoms with Gasteiger partial charge in [0.05, 0.1) is 16.8 Å². The molecule has 118 valence electrons. The van der Waals surface area contributed by atoms with Gasteiger partial charge in [0.2, 0.25) is 0 Å². The van der Waals surface area contributed by atoms with Crippen LogP contribution >= 0.6 is 11.3 Å². The monoisotopic (exact) mass is 318 g/mol. The number of amides is 1. The van der Waals surface area contributed by atoms with E-state index in [2.05, 4.69) is 10.3 Å². The molecule has 1 aromatic heterocycles. The van der Waals surface area contributed by atoms with Crippen LogP contribution in [0, 0.1) is 0 Å². The number of nitrogens with one attached hydrogen (secondary N) is 1. The van der Waals surface area contributed by atoms with Gasteiger partial charge in [-0.1, -0.05) is 12.1 Å². The average molecular weight is 318 g/mol. The van der Waals surface area contributed by atoms with Crippen molar-refractivity contribution in [2.75, 3.05) is 6.54 Å². The summed E-state index contributed by atoms with van der Waals surface area (Å²) in [5.41, 5.74) is 3.92. The van der Waals surface area contributed by atoms with Crippen molar-refractivity contribution < 1.29 is 9.90 Å². The van der Waals surface area contributed by atoms with E-state index in [0.717, 1.165) is 24.1 Å². The van der Waals surface area contributed by atoms with Gasteiger partial charge in [0, 0.05) is 23.9 Å². The predicted octanol–water partition coefficient (Wildman–Crippen LogP) is 2.82. The first-order valence-corrected chi connectivity index (χ1v) is 8.35. The zero-order chi connectivity index (χ0) is 16.0. The first-order chi connectivity index (χ1) is 10.4. The molecule has 0 aliphatic heterocycles. The van der Waals surface area contributed by atoms with Gasteiger partial charge in [0.1, 0.15) is 0 Å². The molecule has 0 bridgehead atoms. The Kier molecular flexibility index (Phi) is 5.69. The predicted molar refractivity (Wildman–Crippen MR) is 89.2 cm³/mol. The number of carbonyl (C=O) groups is 1. The summed E-state index contributed by atoms with van der Waals surface area (Å²) < 4.78 is 0. The smallest absolute Gasteiger partial charge is 0.251 e. The minimum absolute atomic E-state index is 0.0655. The van der Waals surface area contributed by atoms with E-state index in [1.54, 1.807) is 30.7 Å². The van der Waals surface area contributed by atoms with Crippen LogP contribution in [0.5, 0.6) is 0 Å². The Hall–Kier alpha value is -1.72. The highest BCUT2D eigenvalue weighted by Gasteiger charge is 2.12. The van der Waals surface area contributed by atoms with Crippen molar-refractivity contribution in [3.8, 4) is 0 Å². The molecule has 0 unspecified atom stereocenters. The largest absolute Gasteiger partial charge is 0.390 e. The summed E-state index contributed by atoms with van der Waals surface area (Å²) in [7, 11) is 0. The van der Waals surface area contributed by atoms with Crippen molar-refractivity contribution in [3.63, 3.8) is 0 Å². The molecule has 1 heterocycles. The van der Waals surface area contributed by atoms with Crippen LogP contribution in [0.25, 0.3) is 0 Å². The van der Waals surface area contributed by atoms with Crippen LogP contribution in [0.4, 0.5) is 0 Å². The van der Waals surface area contributed by atoms with E-state index in [1.165, 1.54) is 0 Å². The number of aryl methyl sites for hydroxylation is 1. The second kappa shape index (κ2) is 7.51. The number of benzene rings is 1. The quantitative estimate of drug-likeness (QED) is 0.825. The van der Waals surface area contributed by atoms with Crippen LogP contribution in [0.2, 0.25) is 0 Å². The maximum atomic E-state index is 12.0. The van der Waals surface area contributed by atoms with Crippen LogP contribution in [0.3, 0.4) is 0 Å². The molecule has 0 aliphatic rings. The number of rotatable bonds is 7. The molecule has 0 aliphatic carbocycles. The maximum Gasteiger partial charge on any atom is 0.251 e. The fraction of sp³-hybridized carbons (Fsp3) is 0.412. The molecule has 0 fully saturated rings. The highest BCUT2D eigenvalue weighted by atomic mass is 32.1. The zero-order valence-corrected chi connectivity index (χ0v) is 13.8. The first-order valence-electron chi connectivity index (χ1n) is 7.41. The lowest BCUT2D eigenvalue weighted by Gasteiger charge is -2.16. The number of carbonyl (C=O) groups excluding carboxylic acids is 1. The second-order valence-corrected chi connectivity index (χ2v) is 6.71. The summed E-state index contributed by atoms with van der Waals surface area (Å²) in [4.78, 5) is 16.2. The number of thiazole rings is 1. The molecule has 0 spiro atoms. The summed E-state index contributed by atoms with van der Waals surface area (Å²) in [5.74, 6) is -0.0655. The second-order valence-electron chi connectivity index (χ2n) is 6.00. The minimum atomic E-state index is -0.661. The Bertz CT molecular complexity index is 586. The summed E-state index contributed by atoms with van der Waals surface area (Å²) >= 11 is 1.56. The molecule has 1 amide bonds. The van der Waals surface area contributed by atoms with Crippen LogP contribution in [-0.2, 0) is 12.8 Å². The Morgan fingerprint density at radius 3 is 2.59 bits per heavy atom. The third-order valence-electron chi connectivity index (χ3n) is 3.39. The fourth-order valence-corrected chi connectivity index (χ4v) is 2.63. The van der Waals surface area contributed by atoms with E-state index < -0.39 is 5.60 Å². The summed E-state index contributed by atoms with van der Waals surface area (Å²) in [6.07, 6.45) is 2.25. The van der Waals surface area contributed by atoms with Gasteiger partial charge in [-0.05, 0) is 44.4 Å². The topological polar surface area (TPSA) is 62.2 Å². The van der Waals surface area contributed by atoms with E-state index in [4.69, 9.17) is 0 Å². The third kappa shape index (κ3) is 5.58. The molecule has 1 aromatic carbocycles. The van der Waals surface area contributed by atoms with Crippen LogP contribution in [0.15, 0.2) is 35.2 Å². The van der Waals surface area contributed by atoms with Crippen molar-refractivity contribution in [2.24, 2.45) is 0 Å². The van der Waals surface area contributed by atoms with Crippen LogP contribution < -0.4 is 5.32 Å². The molecule has 0 saturated heterocycles. The molecule has 0 saturated carbocycles. The molecule has 22 heavy (non-hydrogen) atoms. The Morgan fingerprint density at radius 1 is 1.27 bits per heavy atom. The Labute approximate surface area is 135 Å².